The number of carboxylic acids is 1. The molecule has 0 saturated heterocycles. The van der Waals surface area contributed by atoms with Crippen LogP contribution in [0.2, 0.25) is 0 Å². The van der Waals surface area contributed by atoms with Gasteiger partial charge in [-0.3, -0.25) is 4.79 Å². The molecule has 0 aliphatic carbocycles. The number of rotatable bonds is 4. The van der Waals surface area contributed by atoms with E-state index in [-0.39, 0.29) is 0 Å². The average Bonchev–Trinajstić information content (AvgIpc) is 2.90. The van der Waals surface area contributed by atoms with Crippen molar-refractivity contribution >= 4 is 22.8 Å². The van der Waals surface area contributed by atoms with Gasteiger partial charge in [0.05, 0.1) is 0 Å². The van der Waals surface area contributed by atoms with Crippen LogP contribution < -0.4 is 5.32 Å². The van der Waals surface area contributed by atoms with Crippen molar-refractivity contribution in [1.82, 2.24) is 9.88 Å². The molecule has 23 heavy (non-hydrogen) atoms. The molecule has 3 aromatic rings. The van der Waals surface area contributed by atoms with Crippen LogP contribution in [0.4, 0.5) is 0 Å². The molecule has 0 saturated carbocycles. The monoisotopic (exact) mass is 308 g/mol. The third-order valence-corrected chi connectivity index (χ3v) is 3.84. The molecule has 116 valence electrons. The lowest BCUT2D eigenvalue weighted by atomic mass is 10.1. The summed E-state index contributed by atoms with van der Waals surface area (Å²) >= 11 is 0. The number of benzene rings is 2. The van der Waals surface area contributed by atoms with Crippen LogP contribution in [0.3, 0.4) is 0 Å². The molecule has 3 rings (SSSR count). The van der Waals surface area contributed by atoms with Crippen LogP contribution >= 0.6 is 0 Å². The molecule has 5 heteroatoms. The van der Waals surface area contributed by atoms with Crippen LogP contribution in [-0.2, 0) is 11.8 Å². The first-order chi connectivity index (χ1) is 11.1. The number of para-hydroxylation sites is 1. The second kappa shape index (κ2) is 5.96. The maximum atomic E-state index is 12.5. The highest BCUT2D eigenvalue weighted by molar-refractivity contribution is 6.00. The Morgan fingerprint density at radius 1 is 1.04 bits per heavy atom. The van der Waals surface area contributed by atoms with Gasteiger partial charge in [0.1, 0.15) is 5.69 Å². The van der Waals surface area contributed by atoms with Crippen LogP contribution in [0.1, 0.15) is 22.1 Å². The summed E-state index contributed by atoms with van der Waals surface area (Å²) in [6.45, 7) is 0. The zero-order chi connectivity index (χ0) is 16.4. The standard InChI is InChI=1S/C18H16N2O3/c1-20-14-10-6-5-9-13(14)11-15(20)17(21)19-16(18(22)23)12-7-3-2-4-8-12/h2-11,16H,1H3,(H,19,21)(H,22,23). The minimum atomic E-state index is -1.09. The second-order valence-electron chi connectivity index (χ2n) is 5.30. The maximum Gasteiger partial charge on any atom is 0.330 e. The summed E-state index contributed by atoms with van der Waals surface area (Å²) in [5.41, 5.74) is 1.88. The number of carbonyl (C=O) groups is 2. The van der Waals surface area contributed by atoms with Crippen LogP contribution in [0.5, 0.6) is 0 Å². The third kappa shape index (κ3) is 2.81. The fourth-order valence-electron chi connectivity index (χ4n) is 2.64. The molecule has 0 radical (unpaired) electrons. The van der Waals surface area contributed by atoms with Crippen molar-refractivity contribution in [3.63, 3.8) is 0 Å². The van der Waals surface area contributed by atoms with Crippen LogP contribution in [0.15, 0.2) is 60.7 Å². The van der Waals surface area contributed by atoms with Gasteiger partial charge in [-0.15, -0.1) is 0 Å². The third-order valence-electron chi connectivity index (χ3n) is 3.84. The summed E-state index contributed by atoms with van der Waals surface area (Å²) in [5.74, 6) is -1.51. The molecule has 1 heterocycles. The molecular weight excluding hydrogens is 292 g/mol. The Kier molecular flexibility index (Phi) is 3.85. The second-order valence-corrected chi connectivity index (χ2v) is 5.30. The predicted molar refractivity (Wildman–Crippen MR) is 87.2 cm³/mol. The van der Waals surface area contributed by atoms with Crippen LogP contribution in [0, 0.1) is 0 Å². The number of hydrogen-bond acceptors (Lipinski definition) is 2. The van der Waals surface area contributed by atoms with E-state index in [0.29, 0.717) is 11.3 Å². The highest BCUT2D eigenvalue weighted by Gasteiger charge is 2.24. The van der Waals surface area contributed by atoms with Crippen LogP contribution in [0.25, 0.3) is 10.9 Å². The molecule has 1 amide bonds. The number of aryl methyl sites for hydroxylation is 1. The van der Waals surface area contributed by atoms with Gasteiger partial charge in [0, 0.05) is 18.0 Å². The van der Waals surface area contributed by atoms with E-state index in [1.807, 2.05) is 24.3 Å². The van der Waals surface area contributed by atoms with E-state index in [2.05, 4.69) is 5.32 Å². The number of fused-ring (bicyclic) bond motifs is 1. The van der Waals surface area contributed by atoms with E-state index < -0.39 is 17.9 Å². The van der Waals surface area contributed by atoms with Gasteiger partial charge in [0.15, 0.2) is 6.04 Å². The number of nitrogens with zero attached hydrogens (tertiary/aromatic N) is 1. The van der Waals surface area contributed by atoms with Gasteiger partial charge in [-0.2, -0.15) is 0 Å². The molecular formula is C18H16N2O3. The summed E-state index contributed by atoms with van der Waals surface area (Å²) < 4.78 is 1.76. The largest absolute Gasteiger partial charge is 0.479 e. The number of hydrogen-bond donors (Lipinski definition) is 2. The SMILES string of the molecule is Cn1c(C(=O)NC(C(=O)O)c2ccccc2)cc2ccccc21. The molecule has 0 bridgehead atoms. The number of amides is 1. The van der Waals surface area contributed by atoms with Gasteiger partial charge < -0.3 is 15.0 Å². The van der Waals surface area contributed by atoms with Crippen molar-refractivity contribution in [2.24, 2.45) is 7.05 Å². The molecule has 0 aliphatic rings. The summed E-state index contributed by atoms with van der Waals surface area (Å²) in [7, 11) is 1.79. The molecule has 2 aromatic carbocycles. The zero-order valence-electron chi connectivity index (χ0n) is 12.6. The van der Waals surface area contributed by atoms with E-state index in [4.69, 9.17) is 0 Å². The van der Waals surface area contributed by atoms with Gasteiger partial charge in [0.2, 0.25) is 0 Å². The zero-order valence-corrected chi connectivity index (χ0v) is 12.6. The molecule has 2 N–H and O–H groups in total. The van der Waals surface area contributed by atoms with E-state index in [9.17, 15) is 14.7 Å². The van der Waals surface area contributed by atoms with Crippen molar-refractivity contribution in [3.8, 4) is 0 Å². The Morgan fingerprint density at radius 3 is 2.35 bits per heavy atom. The molecule has 0 aliphatic heterocycles. The van der Waals surface area contributed by atoms with E-state index in [1.54, 1.807) is 48.0 Å². The van der Waals surface area contributed by atoms with Crippen molar-refractivity contribution in [3.05, 3.63) is 71.9 Å². The smallest absolute Gasteiger partial charge is 0.330 e. The quantitative estimate of drug-likeness (QED) is 0.778. The van der Waals surface area contributed by atoms with Crippen LogP contribution in [-0.4, -0.2) is 21.6 Å². The van der Waals surface area contributed by atoms with Gasteiger partial charge in [0.25, 0.3) is 5.91 Å². The first-order valence-corrected chi connectivity index (χ1v) is 7.21. The molecule has 0 fully saturated rings. The molecule has 1 aromatic heterocycles. The Balaban J connectivity index is 1.92. The average molecular weight is 308 g/mol. The minimum absolute atomic E-state index is 0.417. The fraction of sp³-hybridized carbons (Fsp3) is 0.111. The molecule has 0 spiro atoms. The summed E-state index contributed by atoms with van der Waals surface area (Å²) in [5, 5.41) is 12.9. The Labute approximate surface area is 133 Å². The van der Waals surface area contributed by atoms with Gasteiger partial charge in [-0.25, -0.2) is 4.79 Å². The van der Waals surface area contributed by atoms with E-state index in [0.717, 1.165) is 10.9 Å². The summed E-state index contributed by atoms with van der Waals surface area (Å²) in [6.07, 6.45) is 0. The normalized spacial score (nSPS) is 12.0. The molecule has 5 nitrogen and oxygen atoms in total. The number of carboxylic acid groups (broad SMARTS) is 1. The lowest BCUT2D eigenvalue weighted by Gasteiger charge is -2.15. The predicted octanol–water partition coefficient (Wildman–Crippen LogP) is 2.73. The maximum absolute atomic E-state index is 12.5. The Morgan fingerprint density at radius 2 is 1.70 bits per heavy atom. The number of aromatic nitrogens is 1. The van der Waals surface area contributed by atoms with Crippen molar-refractivity contribution in [2.75, 3.05) is 0 Å². The number of nitrogens with one attached hydrogen (secondary N) is 1. The van der Waals surface area contributed by atoms with E-state index in [1.165, 1.54) is 0 Å². The molecule has 1 unspecified atom stereocenters. The minimum Gasteiger partial charge on any atom is -0.479 e. The molecule has 1 atom stereocenters. The first kappa shape index (κ1) is 14.8. The van der Waals surface area contributed by atoms with Gasteiger partial charge >= 0.3 is 5.97 Å². The summed E-state index contributed by atoms with van der Waals surface area (Å²) in [6, 6.07) is 17.0. The lowest BCUT2D eigenvalue weighted by molar-refractivity contribution is -0.139. The van der Waals surface area contributed by atoms with E-state index >= 15 is 0 Å². The first-order valence-electron chi connectivity index (χ1n) is 7.21. The number of carbonyl (C=O) groups excluding carboxylic acids is 1. The van der Waals surface area contributed by atoms with Gasteiger partial charge in [-0.05, 0) is 17.7 Å². The Bertz CT molecular complexity index is 868. The summed E-state index contributed by atoms with van der Waals surface area (Å²) in [4.78, 5) is 24.0. The fourth-order valence-corrected chi connectivity index (χ4v) is 2.64. The lowest BCUT2D eigenvalue weighted by Crippen LogP contribution is -2.34. The highest BCUT2D eigenvalue weighted by Crippen LogP contribution is 2.20. The van der Waals surface area contributed by atoms with Crippen molar-refractivity contribution in [2.45, 2.75) is 6.04 Å². The highest BCUT2D eigenvalue weighted by atomic mass is 16.4. The van der Waals surface area contributed by atoms with Crippen molar-refractivity contribution < 1.29 is 14.7 Å². The topological polar surface area (TPSA) is 71.3 Å². The van der Waals surface area contributed by atoms with Gasteiger partial charge in [-0.1, -0.05) is 48.5 Å². The van der Waals surface area contributed by atoms with Crippen molar-refractivity contribution in [1.29, 1.82) is 0 Å². The Hall–Kier alpha value is -3.08. The number of aliphatic carboxylic acids is 1.